The molecule has 460 valence electrons. The van der Waals surface area contributed by atoms with E-state index in [9.17, 15) is 46.0 Å². The van der Waals surface area contributed by atoms with Gasteiger partial charge in [-0.25, -0.2) is 0 Å². The minimum absolute atomic E-state index is 0.110. The normalized spacial score (nSPS) is 17.9. The number of hydrogen-bond donors (Lipinski definition) is 9. The summed E-state index contributed by atoms with van der Waals surface area (Å²) in [5, 5.41) is 88.1. The summed E-state index contributed by atoms with van der Waals surface area (Å²) in [6, 6.07) is 0. The lowest BCUT2D eigenvalue weighted by Crippen LogP contribution is -2.55. The molecule has 0 aliphatic carbocycles. The zero-order valence-corrected chi connectivity index (χ0v) is 50.4. The van der Waals surface area contributed by atoms with E-state index in [-0.39, 0.29) is 79.3 Å². The van der Waals surface area contributed by atoms with E-state index in [2.05, 4.69) is 97.1 Å². The predicted octanol–water partition coefficient (Wildman–Crippen LogP) is -2.85. The van der Waals surface area contributed by atoms with Gasteiger partial charge in [0, 0.05) is 32.7 Å². The van der Waals surface area contributed by atoms with E-state index < -0.39 is 54.9 Å². The van der Waals surface area contributed by atoms with Crippen LogP contribution >= 0.6 is 0 Å². The number of morpholine rings is 1. The molecule has 23 heteroatoms. The fraction of sp³-hybridized carbons (Fsp3) is 1.00. The summed E-state index contributed by atoms with van der Waals surface area (Å²) >= 11 is 0. The van der Waals surface area contributed by atoms with Gasteiger partial charge in [0.05, 0.1) is 159 Å². The van der Waals surface area contributed by atoms with Crippen LogP contribution in [0.3, 0.4) is 0 Å². The lowest BCUT2D eigenvalue weighted by Gasteiger charge is -2.38. The van der Waals surface area contributed by atoms with Gasteiger partial charge in [0.15, 0.2) is 0 Å². The zero-order chi connectivity index (χ0) is 58.2. The maximum atomic E-state index is 10.4. The second-order valence-corrected chi connectivity index (χ2v) is 23.0. The van der Waals surface area contributed by atoms with Crippen LogP contribution in [0, 0.1) is 0 Å². The molecule has 9 unspecified atom stereocenters. The molecule has 0 amide bonds. The number of rotatable bonds is 45. The van der Waals surface area contributed by atoms with Crippen LogP contribution in [-0.4, -0.2) is 389 Å². The molecule has 1 saturated heterocycles. The Bertz CT molecular complexity index is 1290. The lowest BCUT2D eigenvalue weighted by atomic mass is 10.2. The van der Waals surface area contributed by atoms with E-state index in [0.717, 1.165) is 87.6 Å². The third-order valence-electron chi connectivity index (χ3n) is 12.9. The highest BCUT2D eigenvalue weighted by Gasteiger charge is 2.29. The van der Waals surface area contributed by atoms with E-state index >= 15 is 0 Å². The minimum atomic E-state index is -0.760. The Kier molecular flexibility index (Phi) is 46.4. The second kappa shape index (κ2) is 45.7. The highest BCUT2D eigenvalue weighted by Crippen LogP contribution is 2.10. The molecule has 1 aliphatic heterocycles. The third-order valence-corrected chi connectivity index (χ3v) is 12.9. The number of hydrogen-bond acceptors (Lipinski definition) is 20. The molecule has 23 nitrogen and oxygen atoms in total. The van der Waals surface area contributed by atoms with Crippen molar-refractivity contribution in [3.8, 4) is 0 Å². The summed E-state index contributed by atoms with van der Waals surface area (Å²) < 4.78 is 39.4. The van der Waals surface area contributed by atoms with Crippen molar-refractivity contribution in [3.05, 3.63) is 0 Å². The van der Waals surface area contributed by atoms with E-state index in [1.165, 1.54) is 0 Å². The van der Waals surface area contributed by atoms with Crippen molar-refractivity contribution in [2.24, 2.45) is 0 Å². The minimum Gasteiger partial charge on any atom is -0.391 e. The van der Waals surface area contributed by atoms with Crippen molar-refractivity contribution in [1.29, 1.82) is 0 Å². The zero-order valence-electron chi connectivity index (χ0n) is 50.4. The summed E-state index contributed by atoms with van der Waals surface area (Å²) in [4.78, 5) is 8.78. The maximum Gasteiger partial charge on any atom is 0.126 e. The molecule has 9 atom stereocenters. The van der Waals surface area contributed by atoms with Crippen LogP contribution in [0.1, 0.15) is 40.0 Å². The molecule has 1 heterocycles. The van der Waals surface area contributed by atoms with Crippen molar-refractivity contribution >= 4 is 0 Å². The number of ether oxygens (including phenoxy) is 7. The van der Waals surface area contributed by atoms with Crippen molar-refractivity contribution < 1.29 is 92.6 Å². The van der Waals surface area contributed by atoms with E-state index in [4.69, 9.17) is 33.2 Å². The molecule has 9 N–H and O–H groups in total. The fourth-order valence-electron chi connectivity index (χ4n) is 7.44. The van der Waals surface area contributed by atoms with Crippen LogP contribution in [0.5, 0.6) is 0 Å². The molecule has 0 aromatic heterocycles. The summed E-state index contributed by atoms with van der Waals surface area (Å²) in [6.45, 7) is 20.4. The molecule has 0 aromatic rings. The topological polar surface area (TPSA) is 260 Å². The van der Waals surface area contributed by atoms with Gasteiger partial charge in [-0.1, -0.05) is 20.8 Å². The summed E-state index contributed by atoms with van der Waals surface area (Å²) in [5.41, 5.74) is 0. The van der Waals surface area contributed by atoms with Crippen LogP contribution < -0.4 is 0 Å². The number of nitrogens with zero attached hydrogens (tertiary/aromatic N) is 7. The Hall–Kier alpha value is -0.920. The van der Waals surface area contributed by atoms with Gasteiger partial charge in [-0.3, -0.25) is 4.90 Å². The van der Waals surface area contributed by atoms with Gasteiger partial charge in [-0.05, 0) is 68.6 Å². The standard InChI is InChI=1S/2C19H44N3O5.C15H32NO6/c1-7-17(23)13-26-15-19(25)16-27-14-18(24)12-22(6,10-8-20(2)3)11-9-21(4)5;1-7-17(23)13-26-15-19(25)16-27-14-18(24)12-22(5,6)11-10-21(4)9-8-20(2)3;1-3-13(17)9-21-11-15(19)12-22-10-14(18)8-16(2)4-6-20-7-5-16/h2*17-19,23-25H,7-16H2,1-6H3;13-15,17-19H,3-12H2,1-2H3/q3*+1. The number of aliphatic hydroxyl groups is 9. The van der Waals surface area contributed by atoms with E-state index in [1.807, 2.05) is 20.8 Å². The molecule has 0 spiro atoms. The van der Waals surface area contributed by atoms with E-state index in [1.54, 1.807) is 0 Å². The Morgan fingerprint density at radius 3 is 1.07 bits per heavy atom. The highest BCUT2D eigenvalue weighted by molar-refractivity contribution is 4.63. The van der Waals surface area contributed by atoms with Gasteiger partial charge in [-0.2, -0.15) is 0 Å². The van der Waals surface area contributed by atoms with Crippen LogP contribution in [0.15, 0.2) is 0 Å². The largest absolute Gasteiger partial charge is 0.391 e. The third kappa shape index (κ3) is 47.8. The molecule has 0 saturated carbocycles. The first kappa shape index (κ1) is 77.1. The Labute approximate surface area is 461 Å². The smallest absolute Gasteiger partial charge is 0.126 e. The summed E-state index contributed by atoms with van der Waals surface area (Å²) in [6.07, 6.45) is -3.61. The first-order valence-corrected chi connectivity index (χ1v) is 27.9. The van der Waals surface area contributed by atoms with Crippen LogP contribution in [-0.2, 0) is 33.2 Å². The van der Waals surface area contributed by atoms with Crippen LogP contribution in [0.4, 0.5) is 0 Å². The molecule has 0 radical (unpaired) electrons. The van der Waals surface area contributed by atoms with E-state index in [0.29, 0.717) is 43.4 Å². The van der Waals surface area contributed by atoms with Gasteiger partial charge in [-0.15, -0.1) is 0 Å². The molecule has 1 aliphatic rings. The van der Waals surface area contributed by atoms with Crippen molar-refractivity contribution in [2.75, 3.05) is 255 Å². The van der Waals surface area contributed by atoms with Crippen LogP contribution in [0.2, 0.25) is 0 Å². The van der Waals surface area contributed by atoms with Gasteiger partial charge in [0.1, 0.15) is 69.3 Å². The lowest BCUT2D eigenvalue weighted by molar-refractivity contribution is -0.919. The van der Waals surface area contributed by atoms with Gasteiger partial charge >= 0.3 is 0 Å². The summed E-state index contributed by atoms with van der Waals surface area (Å²) in [7, 11) is 23.0. The monoisotopic (exact) mass is 1110 g/mol. The van der Waals surface area contributed by atoms with Gasteiger partial charge < -0.3 is 107 Å². The van der Waals surface area contributed by atoms with Crippen molar-refractivity contribution in [1.82, 2.24) is 19.6 Å². The Morgan fingerprint density at radius 2 is 0.724 bits per heavy atom. The van der Waals surface area contributed by atoms with Gasteiger partial charge in [0.2, 0.25) is 0 Å². The van der Waals surface area contributed by atoms with Crippen LogP contribution in [0.25, 0.3) is 0 Å². The second-order valence-electron chi connectivity index (χ2n) is 23.0. The highest BCUT2D eigenvalue weighted by atomic mass is 16.5. The molecular weight excluding hydrogens is 991 g/mol. The maximum absolute atomic E-state index is 10.4. The molecular formula is C53H120N7O16+3. The molecule has 0 aromatic carbocycles. The quantitative estimate of drug-likeness (QED) is 0.0278. The molecule has 76 heavy (non-hydrogen) atoms. The van der Waals surface area contributed by atoms with Gasteiger partial charge in [0.25, 0.3) is 0 Å². The SMILES string of the molecule is CCC(O)COCC(O)COCC(O)C[N+](C)(C)CCN(C)CCN(C)C.CCC(O)COCC(O)COCC(O)C[N+](C)(CCN(C)C)CCN(C)C.CCC(O)COCC(O)COCC(O)C[N+]1(C)CCOCC1. The average molecular weight is 1110 g/mol. The first-order valence-electron chi connectivity index (χ1n) is 27.9. The number of likely N-dealkylation sites (N-methyl/N-ethyl adjacent to an activating group) is 7. The number of quaternary nitrogens is 3. The van der Waals surface area contributed by atoms with Crippen molar-refractivity contribution in [2.45, 2.75) is 95.0 Å². The average Bonchev–Trinajstić information content (AvgIpc) is 3.34. The number of aliphatic hydroxyl groups excluding tert-OH is 9. The molecule has 1 fully saturated rings. The summed E-state index contributed by atoms with van der Waals surface area (Å²) in [5.74, 6) is 0. The predicted molar refractivity (Wildman–Crippen MR) is 297 cm³/mol. The Morgan fingerprint density at radius 1 is 0.408 bits per heavy atom. The Balaban J connectivity index is 0. The first-order chi connectivity index (χ1) is 35.6. The van der Waals surface area contributed by atoms with Crippen molar-refractivity contribution in [3.63, 3.8) is 0 Å². The molecule has 0 bridgehead atoms. The molecule has 1 rings (SSSR count). The fourth-order valence-corrected chi connectivity index (χ4v) is 7.44.